The van der Waals surface area contributed by atoms with Gasteiger partial charge in [-0.25, -0.2) is 4.39 Å². The number of aliphatic carboxylic acids is 1. The first-order valence-electron chi connectivity index (χ1n) is 8.91. The molecule has 2 saturated heterocycles. The first-order chi connectivity index (χ1) is 12.8. The van der Waals surface area contributed by atoms with E-state index in [9.17, 15) is 18.8 Å². The number of rotatable bonds is 5. The van der Waals surface area contributed by atoms with Crippen molar-refractivity contribution in [3.63, 3.8) is 0 Å². The molecule has 1 aromatic rings. The highest BCUT2D eigenvalue weighted by Gasteiger charge is 2.33. The quantitative estimate of drug-likeness (QED) is 0.534. The Morgan fingerprint density at radius 2 is 2.04 bits per heavy atom. The van der Waals surface area contributed by atoms with Crippen LogP contribution >= 0.6 is 12.4 Å². The third-order valence-electron chi connectivity index (χ3n) is 5.13. The number of nitrogens with zero attached hydrogens (tertiary/aromatic N) is 1. The molecule has 1 atom stereocenters. The second-order valence-electron chi connectivity index (χ2n) is 7.23. The molecule has 3 rings (SSSR count). The molecule has 0 radical (unpaired) electrons. The van der Waals surface area contributed by atoms with Gasteiger partial charge in [-0.3, -0.25) is 19.7 Å². The third kappa shape index (κ3) is 5.11. The van der Waals surface area contributed by atoms with Crippen molar-refractivity contribution < 1.29 is 23.9 Å². The number of piperidine rings is 2. The molecule has 8 nitrogen and oxygen atoms in total. The van der Waals surface area contributed by atoms with Crippen LogP contribution in [0.3, 0.4) is 0 Å². The predicted octanol–water partition coefficient (Wildman–Crippen LogP) is 1.24. The molecule has 1 aromatic carbocycles. The SMILES string of the molecule is Cl.NC1(CC(=O)O)CCN(c2ccc(NC3CCC(=O)NC3=O)cc2F)CC1. The molecule has 0 bridgehead atoms. The van der Waals surface area contributed by atoms with Crippen LogP contribution in [0.2, 0.25) is 0 Å². The van der Waals surface area contributed by atoms with Gasteiger partial charge in [0.1, 0.15) is 11.9 Å². The van der Waals surface area contributed by atoms with E-state index in [2.05, 4.69) is 10.6 Å². The van der Waals surface area contributed by atoms with E-state index in [0.717, 1.165) is 0 Å². The molecule has 2 fully saturated rings. The Morgan fingerprint density at radius 1 is 1.36 bits per heavy atom. The van der Waals surface area contributed by atoms with Crippen molar-refractivity contribution >= 4 is 41.6 Å². The second-order valence-corrected chi connectivity index (χ2v) is 7.23. The number of amides is 2. The summed E-state index contributed by atoms with van der Waals surface area (Å²) < 4.78 is 14.6. The Kier molecular flexibility index (Phi) is 6.84. The van der Waals surface area contributed by atoms with E-state index in [0.29, 0.717) is 43.7 Å². The van der Waals surface area contributed by atoms with Crippen LogP contribution < -0.4 is 21.3 Å². The molecule has 2 aliphatic heterocycles. The van der Waals surface area contributed by atoms with Crippen molar-refractivity contribution in [2.45, 2.75) is 43.7 Å². The van der Waals surface area contributed by atoms with Gasteiger partial charge in [0.2, 0.25) is 11.8 Å². The highest BCUT2D eigenvalue weighted by Crippen LogP contribution is 2.30. The van der Waals surface area contributed by atoms with Gasteiger partial charge in [-0.1, -0.05) is 0 Å². The lowest BCUT2D eigenvalue weighted by atomic mass is 9.85. The van der Waals surface area contributed by atoms with Crippen LogP contribution in [-0.4, -0.2) is 47.6 Å². The number of carboxylic acids is 1. The molecular formula is C18H24ClFN4O4. The first kappa shape index (κ1) is 21.9. The van der Waals surface area contributed by atoms with Gasteiger partial charge < -0.3 is 21.1 Å². The van der Waals surface area contributed by atoms with Gasteiger partial charge in [-0.2, -0.15) is 0 Å². The number of carbonyl (C=O) groups is 3. The molecule has 10 heteroatoms. The Labute approximate surface area is 168 Å². The molecular weight excluding hydrogens is 391 g/mol. The molecule has 0 aliphatic carbocycles. The van der Waals surface area contributed by atoms with Crippen molar-refractivity contribution in [1.29, 1.82) is 0 Å². The van der Waals surface area contributed by atoms with E-state index in [1.54, 1.807) is 12.1 Å². The monoisotopic (exact) mass is 414 g/mol. The van der Waals surface area contributed by atoms with Gasteiger partial charge >= 0.3 is 5.97 Å². The number of halogens is 2. The number of hydrogen-bond acceptors (Lipinski definition) is 6. The van der Waals surface area contributed by atoms with Crippen molar-refractivity contribution in [1.82, 2.24) is 5.32 Å². The molecule has 0 saturated carbocycles. The number of anilines is 2. The lowest BCUT2D eigenvalue weighted by Crippen LogP contribution is -2.51. The Hall–Kier alpha value is -2.39. The van der Waals surface area contributed by atoms with Crippen LogP contribution in [0.4, 0.5) is 15.8 Å². The summed E-state index contributed by atoms with van der Waals surface area (Å²) in [5.74, 6) is -2.08. The summed E-state index contributed by atoms with van der Waals surface area (Å²) in [6.45, 7) is 0.946. The van der Waals surface area contributed by atoms with Gasteiger partial charge in [0.05, 0.1) is 12.1 Å². The van der Waals surface area contributed by atoms with Gasteiger partial charge in [-0.15, -0.1) is 12.4 Å². The first-order valence-corrected chi connectivity index (χ1v) is 8.91. The van der Waals surface area contributed by atoms with E-state index in [-0.39, 0.29) is 31.2 Å². The maximum Gasteiger partial charge on any atom is 0.305 e. The van der Waals surface area contributed by atoms with Crippen LogP contribution in [-0.2, 0) is 14.4 Å². The number of hydrogen-bond donors (Lipinski definition) is 4. The topological polar surface area (TPSA) is 125 Å². The number of nitrogens with two attached hydrogens (primary N) is 1. The summed E-state index contributed by atoms with van der Waals surface area (Å²) in [7, 11) is 0. The molecule has 0 spiro atoms. The lowest BCUT2D eigenvalue weighted by Gasteiger charge is -2.39. The van der Waals surface area contributed by atoms with E-state index in [1.165, 1.54) is 6.07 Å². The summed E-state index contributed by atoms with van der Waals surface area (Å²) in [4.78, 5) is 35.7. The Morgan fingerprint density at radius 3 is 2.61 bits per heavy atom. The molecule has 154 valence electrons. The van der Waals surface area contributed by atoms with Crippen molar-refractivity contribution in [3.05, 3.63) is 24.0 Å². The fraction of sp³-hybridized carbons (Fsp3) is 0.500. The van der Waals surface area contributed by atoms with Crippen LogP contribution in [0.5, 0.6) is 0 Å². The number of benzene rings is 1. The molecule has 5 N–H and O–H groups in total. The number of carbonyl (C=O) groups excluding carboxylic acids is 2. The van der Waals surface area contributed by atoms with E-state index in [4.69, 9.17) is 10.8 Å². The Balaban J connectivity index is 0.00000280. The van der Waals surface area contributed by atoms with E-state index >= 15 is 0 Å². The smallest absolute Gasteiger partial charge is 0.305 e. The van der Waals surface area contributed by atoms with E-state index in [1.807, 2.05) is 4.90 Å². The molecule has 28 heavy (non-hydrogen) atoms. The normalized spacial score (nSPS) is 21.5. The van der Waals surface area contributed by atoms with Crippen LogP contribution in [0, 0.1) is 5.82 Å². The number of nitrogens with one attached hydrogen (secondary N) is 2. The van der Waals surface area contributed by atoms with Crippen LogP contribution in [0.1, 0.15) is 32.1 Å². The number of imide groups is 1. The molecule has 1 unspecified atom stereocenters. The highest BCUT2D eigenvalue weighted by atomic mass is 35.5. The van der Waals surface area contributed by atoms with Crippen molar-refractivity contribution in [2.24, 2.45) is 5.73 Å². The zero-order valence-electron chi connectivity index (χ0n) is 15.2. The van der Waals surface area contributed by atoms with Crippen molar-refractivity contribution in [3.8, 4) is 0 Å². The summed E-state index contributed by atoms with van der Waals surface area (Å²) in [5, 5.41) is 14.1. The molecule has 2 amide bonds. The average molecular weight is 415 g/mol. The minimum Gasteiger partial charge on any atom is -0.481 e. The Bertz CT molecular complexity index is 768. The summed E-state index contributed by atoms with van der Waals surface area (Å²) >= 11 is 0. The highest BCUT2D eigenvalue weighted by molar-refractivity contribution is 6.01. The zero-order chi connectivity index (χ0) is 19.6. The predicted molar refractivity (Wildman–Crippen MR) is 104 cm³/mol. The van der Waals surface area contributed by atoms with Gasteiger partial charge in [0.15, 0.2) is 0 Å². The minimum absolute atomic E-state index is 0. The maximum absolute atomic E-state index is 14.6. The van der Waals surface area contributed by atoms with Crippen LogP contribution in [0.15, 0.2) is 18.2 Å². The zero-order valence-corrected chi connectivity index (χ0v) is 16.1. The lowest BCUT2D eigenvalue weighted by molar-refractivity contribution is -0.138. The molecule has 2 heterocycles. The standard InChI is InChI=1S/C18H23FN4O4.ClH/c19-12-9-11(21-13-2-4-15(24)22-17(13)27)1-3-14(12)23-7-5-18(20,6-8-23)10-16(25)26;/h1,3,9,13,21H,2,4-8,10,20H2,(H,25,26)(H,22,24,27);1H. The third-order valence-corrected chi connectivity index (χ3v) is 5.13. The van der Waals surface area contributed by atoms with Crippen LogP contribution in [0.25, 0.3) is 0 Å². The van der Waals surface area contributed by atoms with Gasteiger partial charge in [-0.05, 0) is 37.5 Å². The fourth-order valence-corrected chi connectivity index (χ4v) is 3.56. The summed E-state index contributed by atoms with van der Waals surface area (Å²) in [5.41, 5.74) is 6.24. The summed E-state index contributed by atoms with van der Waals surface area (Å²) in [6.07, 6.45) is 1.44. The number of carboxylic acid groups (broad SMARTS) is 1. The fourth-order valence-electron chi connectivity index (χ4n) is 3.56. The maximum atomic E-state index is 14.6. The van der Waals surface area contributed by atoms with Gasteiger partial charge in [0, 0.05) is 30.7 Å². The molecule has 0 aromatic heterocycles. The summed E-state index contributed by atoms with van der Waals surface area (Å²) in [6, 6.07) is 4.06. The molecule has 2 aliphatic rings. The second kappa shape index (κ2) is 8.74. The van der Waals surface area contributed by atoms with E-state index < -0.39 is 29.3 Å². The average Bonchev–Trinajstić information content (AvgIpc) is 2.58. The minimum atomic E-state index is -0.930. The van der Waals surface area contributed by atoms with Crippen molar-refractivity contribution in [2.75, 3.05) is 23.3 Å². The van der Waals surface area contributed by atoms with Gasteiger partial charge in [0.25, 0.3) is 0 Å². The largest absolute Gasteiger partial charge is 0.481 e.